The summed E-state index contributed by atoms with van der Waals surface area (Å²) in [4.78, 5) is 19.5. The standard InChI is InChI=1S/C70H70N4O2/c1-67(2,3)47-33-45(34-48(37-47)68(4,5)6)63-53-25-29-57(71-53)65(51-23-15-19-41-17-13-21-43(39-75)61(41)51)59-31-27-55(73-59)64(46-35-49(69(7,8)9)38-50(36-46)70(10,11)12)56-28-32-60(74-56)66(58-30-26-54(63)72-58)52-24-16-20-42-18-14-22-44(40-76)62(42)52/h13-38,71-72,75-76H,39-40H2,1-12H3. The summed E-state index contributed by atoms with van der Waals surface area (Å²) in [6.45, 7) is 27.2. The molecule has 382 valence electrons. The van der Waals surface area contributed by atoms with Gasteiger partial charge in [0.15, 0.2) is 0 Å². The van der Waals surface area contributed by atoms with Gasteiger partial charge >= 0.3 is 0 Å². The van der Waals surface area contributed by atoms with Crippen LogP contribution in [0.25, 0.3) is 112 Å². The van der Waals surface area contributed by atoms with Gasteiger partial charge < -0.3 is 20.2 Å². The van der Waals surface area contributed by atoms with Crippen LogP contribution in [0.5, 0.6) is 0 Å². The molecule has 0 unspecified atom stereocenters. The minimum absolute atomic E-state index is 0.104. The van der Waals surface area contributed by atoms with E-state index in [1.54, 1.807) is 0 Å². The molecule has 0 amide bonds. The van der Waals surface area contributed by atoms with Crippen molar-refractivity contribution in [3.63, 3.8) is 0 Å². The van der Waals surface area contributed by atoms with Crippen LogP contribution in [0, 0.1) is 0 Å². The molecule has 0 aliphatic carbocycles. The van der Waals surface area contributed by atoms with Crippen molar-refractivity contribution in [1.29, 1.82) is 0 Å². The summed E-state index contributed by atoms with van der Waals surface area (Å²) in [6.07, 6.45) is 8.62. The highest BCUT2D eigenvalue weighted by Gasteiger charge is 2.27. The fourth-order valence-electron chi connectivity index (χ4n) is 11.2. The Hall–Kier alpha value is -7.64. The quantitative estimate of drug-likeness (QED) is 0.133. The normalized spacial score (nSPS) is 13.1. The molecule has 2 aliphatic rings. The third-order valence-corrected chi connectivity index (χ3v) is 15.5. The van der Waals surface area contributed by atoms with E-state index < -0.39 is 0 Å². The predicted octanol–water partition coefficient (Wildman–Crippen LogP) is 17.8. The van der Waals surface area contributed by atoms with E-state index in [-0.39, 0.29) is 34.9 Å². The zero-order valence-electron chi connectivity index (χ0n) is 46.2. The summed E-state index contributed by atoms with van der Waals surface area (Å²) < 4.78 is 0. The van der Waals surface area contributed by atoms with Gasteiger partial charge in [0.1, 0.15) is 0 Å². The second kappa shape index (κ2) is 18.6. The molecule has 11 rings (SSSR count). The number of hydrogen-bond acceptors (Lipinski definition) is 4. The van der Waals surface area contributed by atoms with Crippen molar-refractivity contribution >= 4 is 67.9 Å². The van der Waals surface area contributed by atoms with Crippen molar-refractivity contribution in [2.24, 2.45) is 0 Å². The zero-order chi connectivity index (χ0) is 53.6. The third-order valence-electron chi connectivity index (χ3n) is 15.5. The molecule has 0 atom stereocenters. The summed E-state index contributed by atoms with van der Waals surface area (Å²) in [7, 11) is 0. The molecule has 6 nitrogen and oxygen atoms in total. The lowest BCUT2D eigenvalue weighted by Gasteiger charge is -2.26. The van der Waals surface area contributed by atoms with E-state index in [9.17, 15) is 10.2 Å². The van der Waals surface area contributed by atoms with Crippen LogP contribution in [0.15, 0.2) is 133 Å². The molecule has 9 aromatic rings. The van der Waals surface area contributed by atoms with Crippen LogP contribution in [0.2, 0.25) is 0 Å². The Labute approximate surface area is 448 Å². The predicted molar refractivity (Wildman–Crippen MR) is 322 cm³/mol. The number of aliphatic hydroxyl groups is 2. The molecule has 0 fully saturated rings. The molecular weight excluding hydrogens is 929 g/mol. The van der Waals surface area contributed by atoms with Crippen LogP contribution in [0.3, 0.4) is 0 Å². The van der Waals surface area contributed by atoms with Gasteiger partial charge in [-0.2, -0.15) is 0 Å². The van der Waals surface area contributed by atoms with Crippen LogP contribution < -0.4 is 0 Å². The topological polar surface area (TPSA) is 97.8 Å². The molecule has 5 heterocycles. The number of rotatable bonds is 6. The summed E-state index contributed by atoms with van der Waals surface area (Å²) in [5.74, 6) is 0. The number of nitrogens with zero attached hydrogens (tertiary/aromatic N) is 2. The second-order valence-electron chi connectivity index (χ2n) is 25.1. The molecule has 3 aromatic heterocycles. The lowest BCUT2D eigenvalue weighted by atomic mass is 9.78. The molecular formula is C70H70N4O2. The van der Waals surface area contributed by atoms with Crippen LogP contribution in [-0.2, 0) is 34.9 Å². The molecule has 0 saturated heterocycles. The van der Waals surface area contributed by atoms with Crippen molar-refractivity contribution in [3.8, 4) is 44.5 Å². The van der Waals surface area contributed by atoms with E-state index in [1.165, 1.54) is 22.3 Å². The zero-order valence-corrected chi connectivity index (χ0v) is 46.2. The first-order valence-corrected chi connectivity index (χ1v) is 26.8. The summed E-state index contributed by atoms with van der Waals surface area (Å²) in [5.41, 5.74) is 21.0. The molecule has 6 aromatic carbocycles. The summed E-state index contributed by atoms with van der Waals surface area (Å²) in [5, 5.41) is 26.0. The van der Waals surface area contributed by atoms with Crippen molar-refractivity contribution in [3.05, 3.63) is 190 Å². The SMILES string of the molecule is CC(C)(C)c1cc(-c2c3nc(c(-c4cccc5cccc(CO)c45)c4ccc([nH]4)c(-c4cc(C(C)(C)C)cc(C(C)(C)C)c4)c4ccc([nH]4)c(-c4cccc5cccc(CO)c45)c4nc2C=C4)C=C3)cc(C(C)(C)C)c1. The average molecular weight is 999 g/mol. The Morgan fingerprint density at radius 3 is 0.987 bits per heavy atom. The van der Waals surface area contributed by atoms with E-state index in [2.05, 4.69) is 227 Å². The van der Waals surface area contributed by atoms with Crippen molar-refractivity contribution in [2.45, 2.75) is 118 Å². The van der Waals surface area contributed by atoms with Gasteiger partial charge in [0.2, 0.25) is 0 Å². The van der Waals surface area contributed by atoms with E-state index in [1.807, 2.05) is 24.3 Å². The first-order valence-electron chi connectivity index (χ1n) is 26.8. The number of hydrogen-bond donors (Lipinski definition) is 4. The Morgan fingerprint density at radius 1 is 0.355 bits per heavy atom. The molecule has 8 bridgehead atoms. The van der Waals surface area contributed by atoms with Crippen molar-refractivity contribution in [2.75, 3.05) is 0 Å². The summed E-state index contributed by atoms with van der Waals surface area (Å²) in [6, 6.07) is 48.1. The van der Waals surface area contributed by atoms with E-state index >= 15 is 0 Å². The summed E-state index contributed by atoms with van der Waals surface area (Å²) >= 11 is 0. The second-order valence-corrected chi connectivity index (χ2v) is 25.1. The van der Waals surface area contributed by atoms with Crippen LogP contribution in [-0.4, -0.2) is 30.1 Å². The van der Waals surface area contributed by atoms with E-state index in [4.69, 9.17) is 9.97 Å². The van der Waals surface area contributed by atoms with Crippen LogP contribution >= 0.6 is 0 Å². The first-order chi connectivity index (χ1) is 36.1. The van der Waals surface area contributed by atoms with Gasteiger partial charge in [0.05, 0.1) is 36.0 Å². The maximum Gasteiger partial charge on any atom is 0.0738 e. The Morgan fingerprint density at radius 2 is 0.658 bits per heavy atom. The molecule has 0 spiro atoms. The maximum absolute atomic E-state index is 11.0. The maximum atomic E-state index is 11.0. The van der Waals surface area contributed by atoms with E-state index in [0.29, 0.717) is 0 Å². The Bertz CT molecular complexity index is 3800. The number of aliphatic hydroxyl groups excluding tert-OH is 2. The van der Waals surface area contributed by atoms with Gasteiger partial charge in [-0.25, -0.2) is 9.97 Å². The van der Waals surface area contributed by atoms with Gasteiger partial charge in [0.25, 0.3) is 0 Å². The molecule has 0 radical (unpaired) electrons. The first kappa shape index (κ1) is 50.5. The van der Waals surface area contributed by atoms with Gasteiger partial charge in [-0.3, -0.25) is 0 Å². The monoisotopic (exact) mass is 999 g/mol. The minimum Gasteiger partial charge on any atom is -0.392 e. The van der Waals surface area contributed by atoms with Crippen molar-refractivity contribution < 1.29 is 10.2 Å². The highest BCUT2D eigenvalue weighted by Crippen LogP contribution is 2.44. The van der Waals surface area contributed by atoms with Gasteiger partial charge in [-0.1, -0.05) is 192 Å². The Kier molecular flexibility index (Phi) is 12.3. The number of H-pyrrole nitrogens is 2. The lowest BCUT2D eigenvalue weighted by molar-refractivity contribution is 0.283. The minimum atomic E-state index is -0.140. The van der Waals surface area contributed by atoms with E-state index in [0.717, 1.165) is 122 Å². The van der Waals surface area contributed by atoms with Gasteiger partial charge in [-0.05, 0) is 147 Å². The Balaban J connectivity index is 1.38. The third kappa shape index (κ3) is 9.11. The number of fused-ring (bicyclic) bond motifs is 10. The molecule has 4 N–H and O–H groups in total. The molecule has 6 heteroatoms. The molecule has 2 aliphatic heterocycles. The van der Waals surface area contributed by atoms with Crippen LogP contribution in [0.4, 0.5) is 0 Å². The number of aromatic amines is 2. The average Bonchev–Trinajstić information content (AvgIpc) is 4.25. The smallest absolute Gasteiger partial charge is 0.0738 e. The fraction of sp³-hybridized carbons (Fsp3) is 0.257. The number of nitrogens with one attached hydrogen (secondary N) is 2. The lowest BCUT2D eigenvalue weighted by Crippen LogP contribution is -2.16. The van der Waals surface area contributed by atoms with Gasteiger partial charge in [0, 0.05) is 44.3 Å². The fourth-order valence-corrected chi connectivity index (χ4v) is 11.2. The van der Waals surface area contributed by atoms with Gasteiger partial charge in [-0.15, -0.1) is 0 Å². The number of benzene rings is 6. The van der Waals surface area contributed by atoms with Crippen LogP contribution in [0.1, 0.15) is 139 Å². The molecule has 76 heavy (non-hydrogen) atoms. The highest BCUT2D eigenvalue weighted by atomic mass is 16.3. The largest absolute Gasteiger partial charge is 0.392 e. The number of aromatic nitrogens is 4. The highest BCUT2D eigenvalue weighted by molar-refractivity contribution is 6.08. The van der Waals surface area contributed by atoms with Crippen molar-refractivity contribution in [1.82, 2.24) is 19.9 Å². The molecule has 0 saturated carbocycles.